The first-order valence-electron chi connectivity index (χ1n) is 21.1. The molecule has 0 saturated heterocycles. The van der Waals surface area contributed by atoms with Crippen LogP contribution in [0.4, 0.5) is 0 Å². The van der Waals surface area contributed by atoms with Crippen LogP contribution in [-0.2, 0) is 42.7 Å². The number of aromatic hydroxyl groups is 1. The Labute approximate surface area is 376 Å². The molecule has 0 radical (unpaired) electrons. The summed E-state index contributed by atoms with van der Waals surface area (Å²) in [5, 5.41) is 12.2. The fourth-order valence-electron chi connectivity index (χ4n) is 9.12. The Morgan fingerprint density at radius 2 is 1.21 bits per heavy atom. The van der Waals surface area contributed by atoms with E-state index in [9.17, 15) is 5.11 Å². The van der Waals surface area contributed by atoms with Crippen LogP contribution in [0.3, 0.4) is 0 Å². The summed E-state index contributed by atoms with van der Waals surface area (Å²) in [5.41, 5.74) is 15.7. The van der Waals surface area contributed by atoms with E-state index in [1.807, 2.05) is 6.07 Å². The van der Waals surface area contributed by atoms with Crippen LogP contribution in [0, 0.1) is 6.07 Å². The molecule has 0 aliphatic heterocycles. The third kappa shape index (κ3) is 7.17. The molecule has 310 valence electrons. The first-order valence-corrected chi connectivity index (χ1v) is 21.1. The molecule has 1 N–H and O–H groups in total. The predicted molar refractivity (Wildman–Crippen MR) is 249 cm³/mol. The molecule has 0 bridgehead atoms. The molecule has 5 heteroatoms. The van der Waals surface area contributed by atoms with Gasteiger partial charge in [-0.15, -0.1) is 29.3 Å². The normalized spacial score (nSPS) is 13.5. The number of para-hydroxylation sites is 2. The summed E-state index contributed by atoms with van der Waals surface area (Å²) in [6.07, 6.45) is 2.05. The van der Waals surface area contributed by atoms with Crippen molar-refractivity contribution in [1.29, 1.82) is 0 Å². The first kappa shape index (κ1) is 42.1. The largest absolute Gasteiger partial charge is 0.507 e. The Morgan fingerprint density at radius 3 is 1.90 bits per heavy atom. The molecule has 8 aromatic rings. The molecule has 1 aliphatic rings. The Balaban J connectivity index is 0.00000514. The van der Waals surface area contributed by atoms with E-state index in [-0.39, 0.29) is 48.5 Å². The van der Waals surface area contributed by atoms with Crippen LogP contribution in [0.5, 0.6) is 5.75 Å². The van der Waals surface area contributed by atoms with Gasteiger partial charge in [0.1, 0.15) is 11.6 Å². The van der Waals surface area contributed by atoms with Gasteiger partial charge in [-0.05, 0) is 62.9 Å². The predicted octanol–water partition coefficient (Wildman–Crippen LogP) is 14.2. The second-order valence-electron chi connectivity index (χ2n) is 19.7. The van der Waals surface area contributed by atoms with Crippen molar-refractivity contribution in [3.63, 3.8) is 0 Å². The Bertz CT molecular complexity index is 2940. The van der Waals surface area contributed by atoms with Crippen LogP contribution in [0.1, 0.15) is 103 Å². The number of imidazole rings is 1. The third-order valence-electron chi connectivity index (χ3n) is 12.8. The number of rotatable bonds is 6. The number of hydrogen-bond donors (Lipinski definition) is 1. The van der Waals surface area contributed by atoms with Gasteiger partial charge in [0.05, 0.1) is 16.6 Å². The monoisotopic (exact) mass is 979 g/mol. The molecule has 0 spiro atoms. The molecule has 0 amide bonds. The molecule has 0 atom stereocenters. The summed E-state index contributed by atoms with van der Waals surface area (Å²) in [5.74, 6) is 0.957. The van der Waals surface area contributed by atoms with Crippen LogP contribution >= 0.6 is 0 Å². The summed E-state index contributed by atoms with van der Waals surface area (Å²) in [7, 11) is 0. The SMILES string of the molecule is CC(C)(C)c1cc(-c2nc3c(-c4[c-]c(-c5cc6c(cn5)-c5ccccc5C6(C)C)cc(C(C)(C)c5ccccc5)c4)cccc3n2-c2ccccc2)c(O)c(C(C)(C)C)c1.[Pt]. The number of phenolic OH excluding ortho intramolecular Hbond substituents is 1. The van der Waals surface area contributed by atoms with E-state index in [1.165, 1.54) is 27.8 Å². The van der Waals surface area contributed by atoms with Gasteiger partial charge in [0, 0.05) is 60.6 Å². The summed E-state index contributed by atoms with van der Waals surface area (Å²) in [6.45, 7) is 22.3. The minimum Gasteiger partial charge on any atom is -0.507 e. The van der Waals surface area contributed by atoms with Gasteiger partial charge in [-0.3, -0.25) is 9.55 Å². The van der Waals surface area contributed by atoms with Crippen LogP contribution in [0.2, 0.25) is 0 Å². The minimum atomic E-state index is -0.336. The number of phenols is 1. The van der Waals surface area contributed by atoms with E-state index in [0.717, 1.165) is 55.8 Å². The Hall–Kier alpha value is -5.57. The zero-order valence-electron chi connectivity index (χ0n) is 36.9. The summed E-state index contributed by atoms with van der Waals surface area (Å²) in [4.78, 5) is 10.7. The number of nitrogens with zero attached hydrogens (tertiary/aromatic N) is 3. The summed E-state index contributed by atoms with van der Waals surface area (Å²) < 4.78 is 2.20. The van der Waals surface area contributed by atoms with Crippen molar-refractivity contribution >= 4 is 11.0 Å². The van der Waals surface area contributed by atoms with Gasteiger partial charge in [-0.2, -0.15) is 0 Å². The molecular formula is C56H54N3OPt-. The van der Waals surface area contributed by atoms with Gasteiger partial charge in [-0.25, -0.2) is 4.98 Å². The average Bonchev–Trinajstić information content (AvgIpc) is 3.73. The summed E-state index contributed by atoms with van der Waals surface area (Å²) >= 11 is 0. The van der Waals surface area contributed by atoms with Crippen LogP contribution in [0.25, 0.3) is 61.6 Å². The van der Waals surface area contributed by atoms with Crippen molar-refractivity contribution < 1.29 is 26.2 Å². The molecular weight excluding hydrogens is 926 g/mol. The molecule has 9 rings (SSSR count). The van der Waals surface area contributed by atoms with Gasteiger partial charge >= 0.3 is 0 Å². The van der Waals surface area contributed by atoms with Crippen molar-refractivity contribution in [2.24, 2.45) is 0 Å². The third-order valence-corrected chi connectivity index (χ3v) is 12.8. The fraction of sp³-hybridized carbons (Fsp3) is 0.250. The van der Waals surface area contributed by atoms with E-state index < -0.39 is 0 Å². The minimum absolute atomic E-state index is 0. The Kier molecular flexibility index (Phi) is 10.4. The maximum atomic E-state index is 12.2. The number of hydrogen-bond acceptors (Lipinski definition) is 3. The maximum Gasteiger partial charge on any atom is 0.148 e. The molecule has 0 unspecified atom stereocenters. The van der Waals surface area contributed by atoms with Gasteiger partial charge in [0.2, 0.25) is 0 Å². The molecule has 0 fully saturated rings. The van der Waals surface area contributed by atoms with Crippen molar-refractivity contribution in [2.75, 3.05) is 0 Å². The second-order valence-corrected chi connectivity index (χ2v) is 19.7. The number of pyridine rings is 1. The van der Waals surface area contributed by atoms with Crippen molar-refractivity contribution in [3.8, 4) is 56.3 Å². The van der Waals surface area contributed by atoms with E-state index in [2.05, 4.69) is 213 Å². The smallest absolute Gasteiger partial charge is 0.148 e. The van der Waals surface area contributed by atoms with Gasteiger partial charge in [0.15, 0.2) is 0 Å². The summed E-state index contributed by atoms with van der Waals surface area (Å²) in [6, 6.07) is 51.2. The molecule has 0 saturated carbocycles. The molecule has 61 heavy (non-hydrogen) atoms. The standard InChI is InChI=1S/C56H54N3O.Pt/c1-53(2,3)38-31-43(51(60)47(32-38)54(4,5)6)52-58-50-41(25-19-27-49(50)59(52)40-22-15-12-16-23-40)35-28-36(30-39(29-35)55(7,8)37-20-13-11-14-21-37)48-33-46-44(34-57-48)42-24-17-18-26-45(42)56(46,9)10;/h11-27,29-34,60H,1-10H3;/q-1;. The molecule has 1 aliphatic carbocycles. The molecule has 6 aromatic carbocycles. The quantitative estimate of drug-likeness (QED) is 0.169. The maximum absolute atomic E-state index is 12.2. The number of fused-ring (bicyclic) bond motifs is 4. The van der Waals surface area contributed by atoms with E-state index in [0.29, 0.717) is 11.4 Å². The molecule has 2 heterocycles. The molecule has 2 aromatic heterocycles. The van der Waals surface area contributed by atoms with Gasteiger partial charge < -0.3 is 5.11 Å². The zero-order valence-corrected chi connectivity index (χ0v) is 39.2. The van der Waals surface area contributed by atoms with E-state index >= 15 is 0 Å². The fourth-order valence-corrected chi connectivity index (χ4v) is 9.12. The number of benzene rings is 6. The van der Waals surface area contributed by atoms with E-state index in [4.69, 9.17) is 9.97 Å². The van der Waals surface area contributed by atoms with Crippen molar-refractivity contribution in [1.82, 2.24) is 14.5 Å². The van der Waals surface area contributed by atoms with Crippen LogP contribution in [0.15, 0.2) is 140 Å². The Morgan fingerprint density at radius 1 is 0.574 bits per heavy atom. The van der Waals surface area contributed by atoms with Crippen molar-refractivity contribution in [2.45, 2.75) is 90.9 Å². The van der Waals surface area contributed by atoms with Gasteiger partial charge in [-0.1, -0.05) is 177 Å². The first-order chi connectivity index (χ1) is 28.4. The van der Waals surface area contributed by atoms with Crippen LogP contribution < -0.4 is 0 Å². The number of aromatic nitrogens is 3. The second kappa shape index (κ2) is 15.1. The molecule has 4 nitrogen and oxygen atoms in total. The topological polar surface area (TPSA) is 50.9 Å². The average molecular weight is 980 g/mol. The van der Waals surface area contributed by atoms with Crippen molar-refractivity contribution in [3.05, 3.63) is 179 Å². The zero-order chi connectivity index (χ0) is 42.4. The van der Waals surface area contributed by atoms with E-state index in [1.54, 1.807) is 0 Å². The van der Waals surface area contributed by atoms with Crippen LogP contribution in [-0.4, -0.2) is 19.6 Å². The van der Waals surface area contributed by atoms with Gasteiger partial charge in [0.25, 0.3) is 0 Å².